The van der Waals surface area contributed by atoms with Crippen molar-refractivity contribution in [2.24, 2.45) is 0 Å². The molecule has 1 aromatic carbocycles. The van der Waals surface area contributed by atoms with Crippen LogP contribution < -0.4 is 0 Å². The van der Waals surface area contributed by atoms with Crippen LogP contribution in [0.3, 0.4) is 0 Å². The Hall–Kier alpha value is -2.14. The topological polar surface area (TPSA) is 48.5 Å². The van der Waals surface area contributed by atoms with Gasteiger partial charge < -0.3 is 0 Å². The van der Waals surface area contributed by atoms with Crippen LogP contribution in [0.15, 0.2) is 48.9 Å². The van der Waals surface area contributed by atoms with Gasteiger partial charge in [0.2, 0.25) is 0 Å². The molecule has 2 aromatic heterocycles. The largest absolute Gasteiger partial charge is 0.248 e. The third-order valence-corrected chi connectivity index (χ3v) is 3.77. The Morgan fingerprint density at radius 3 is 2.76 bits per heavy atom. The van der Waals surface area contributed by atoms with Gasteiger partial charge in [-0.05, 0) is 18.6 Å². The molecule has 0 amide bonds. The molecule has 3 rings (SSSR count). The zero-order chi connectivity index (χ0) is 14.7. The monoisotopic (exact) mass is 301 g/mol. The fraction of sp³-hybridized carbons (Fsp3) is 0.267. The smallest absolute Gasteiger partial charge is 0.101 e. The second-order valence-corrected chi connectivity index (χ2v) is 5.37. The molecular weight excluding hydrogens is 286 g/mol. The van der Waals surface area contributed by atoms with Crippen LogP contribution in [-0.4, -0.2) is 24.8 Å². The first-order valence-electron chi connectivity index (χ1n) is 6.89. The van der Waals surface area contributed by atoms with Gasteiger partial charge in [-0.3, -0.25) is 0 Å². The molecule has 3 aromatic rings. The van der Waals surface area contributed by atoms with Crippen LogP contribution >= 0.6 is 11.6 Å². The predicted molar refractivity (Wildman–Crippen MR) is 81.6 cm³/mol. The summed E-state index contributed by atoms with van der Waals surface area (Å²) in [7, 11) is 0. The Balaban J connectivity index is 1.74. The summed E-state index contributed by atoms with van der Waals surface area (Å²) in [6.45, 7) is 2.66. The average molecular weight is 302 g/mol. The Bertz CT molecular complexity index is 704. The molecule has 0 aliphatic carbocycles. The molecule has 0 spiro atoms. The van der Waals surface area contributed by atoms with Gasteiger partial charge in [0.15, 0.2) is 0 Å². The molecule has 0 fully saturated rings. The third-order valence-electron chi connectivity index (χ3n) is 3.24. The molecule has 21 heavy (non-hydrogen) atoms. The molecule has 0 radical (unpaired) electrons. The lowest BCUT2D eigenvalue weighted by molar-refractivity contribution is 0.649. The Kier molecular flexibility index (Phi) is 4.01. The number of hydrogen-bond acceptors (Lipinski definition) is 3. The van der Waals surface area contributed by atoms with Gasteiger partial charge in [0.25, 0.3) is 0 Å². The van der Waals surface area contributed by atoms with Crippen molar-refractivity contribution in [3.8, 4) is 5.69 Å². The fourth-order valence-electron chi connectivity index (χ4n) is 2.09. The minimum Gasteiger partial charge on any atom is -0.248 e. The van der Waals surface area contributed by atoms with Gasteiger partial charge in [-0.1, -0.05) is 30.3 Å². The van der Waals surface area contributed by atoms with E-state index in [1.165, 1.54) is 0 Å². The summed E-state index contributed by atoms with van der Waals surface area (Å²) in [6.07, 6.45) is 6.56. The summed E-state index contributed by atoms with van der Waals surface area (Å²) in [5.74, 6) is 0. The second-order valence-electron chi connectivity index (χ2n) is 4.85. The normalized spacial score (nSPS) is 12.5. The molecule has 5 nitrogen and oxygen atoms in total. The van der Waals surface area contributed by atoms with Crippen LogP contribution in [0.25, 0.3) is 5.69 Å². The molecular formula is C15H16ClN5. The molecule has 0 aliphatic rings. The van der Waals surface area contributed by atoms with E-state index >= 15 is 0 Å². The van der Waals surface area contributed by atoms with Crippen LogP contribution in [0.2, 0.25) is 0 Å². The minimum atomic E-state index is -0.0780. The summed E-state index contributed by atoms with van der Waals surface area (Å²) < 4.78 is 3.64. The Labute approximate surface area is 128 Å². The van der Waals surface area contributed by atoms with Crippen LogP contribution in [0, 0.1) is 0 Å². The third kappa shape index (κ3) is 3.13. The summed E-state index contributed by atoms with van der Waals surface area (Å²) in [5.41, 5.74) is 2.92. The molecule has 2 heterocycles. The van der Waals surface area contributed by atoms with E-state index in [0.717, 1.165) is 23.4 Å². The van der Waals surface area contributed by atoms with Crippen molar-refractivity contribution in [3.63, 3.8) is 0 Å². The number of benzene rings is 1. The van der Waals surface area contributed by atoms with E-state index in [9.17, 15) is 0 Å². The number of halogens is 1. The fourth-order valence-corrected chi connectivity index (χ4v) is 2.19. The summed E-state index contributed by atoms with van der Waals surface area (Å²) in [5, 5.41) is 12.5. The summed E-state index contributed by atoms with van der Waals surface area (Å²) in [4.78, 5) is 0. The number of nitrogens with zero attached hydrogens (tertiary/aromatic N) is 5. The maximum atomic E-state index is 6.16. The number of hydrogen-bond donors (Lipinski definition) is 0. The van der Waals surface area contributed by atoms with Crippen molar-refractivity contribution < 1.29 is 0 Å². The number of rotatable bonds is 5. The van der Waals surface area contributed by atoms with Crippen LogP contribution in [0.4, 0.5) is 0 Å². The lowest BCUT2D eigenvalue weighted by Gasteiger charge is -2.00. The lowest BCUT2D eigenvalue weighted by Crippen LogP contribution is -1.99. The molecule has 108 valence electrons. The van der Waals surface area contributed by atoms with Crippen molar-refractivity contribution in [2.45, 2.75) is 25.3 Å². The molecule has 0 N–H and O–H groups in total. The first kappa shape index (κ1) is 13.8. The van der Waals surface area contributed by atoms with E-state index in [-0.39, 0.29) is 5.38 Å². The van der Waals surface area contributed by atoms with E-state index in [4.69, 9.17) is 11.6 Å². The van der Waals surface area contributed by atoms with Crippen molar-refractivity contribution >= 4 is 11.6 Å². The van der Waals surface area contributed by atoms with E-state index in [0.29, 0.717) is 6.54 Å². The maximum Gasteiger partial charge on any atom is 0.101 e. The van der Waals surface area contributed by atoms with E-state index in [2.05, 4.69) is 15.4 Å². The molecule has 1 atom stereocenters. The highest BCUT2D eigenvalue weighted by Crippen LogP contribution is 2.21. The Morgan fingerprint density at radius 1 is 1.19 bits per heavy atom. The molecule has 6 heteroatoms. The van der Waals surface area contributed by atoms with E-state index < -0.39 is 0 Å². The first-order chi connectivity index (χ1) is 10.3. The molecule has 0 saturated heterocycles. The van der Waals surface area contributed by atoms with Crippen LogP contribution in [0.5, 0.6) is 0 Å². The molecule has 1 unspecified atom stereocenters. The standard InChI is InChI=1S/C15H16ClN5/c1-2-14(16)15-11-20(19-18-15)9-12-8-17-21(10-12)13-6-4-3-5-7-13/h3-8,10-11,14H,2,9H2,1H3. The Morgan fingerprint density at radius 2 is 2.00 bits per heavy atom. The minimum absolute atomic E-state index is 0.0780. The predicted octanol–water partition coefficient (Wildman–Crippen LogP) is 3.20. The highest BCUT2D eigenvalue weighted by Gasteiger charge is 2.10. The second kappa shape index (κ2) is 6.10. The van der Waals surface area contributed by atoms with Crippen molar-refractivity contribution in [3.05, 3.63) is 60.2 Å². The van der Waals surface area contributed by atoms with Gasteiger partial charge >= 0.3 is 0 Å². The van der Waals surface area contributed by atoms with Crippen molar-refractivity contribution in [2.75, 3.05) is 0 Å². The summed E-state index contributed by atoms with van der Waals surface area (Å²) >= 11 is 6.16. The SMILES string of the molecule is CCC(Cl)c1cn(Cc2cnn(-c3ccccc3)c2)nn1. The van der Waals surface area contributed by atoms with Gasteiger partial charge in [-0.25, -0.2) is 9.36 Å². The molecule has 0 aliphatic heterocycles. The quantitative estimate of drug-likeness (QED) is 0.680. The first-order valence-corrected chi connectivity index (χ1v) is 7.33. The lowest BCUT2D eigenvalue weighted by atomic mass is 10.2. The van der Waals surface area contributed by atoms with Crippen LogP contribution in [-0.2, 0) is 6.54 Å². The van der Waals surface area contributed by atoms with Crippen molar-refractivity contribution in [1.29, 1.82) is 0 Å². The van der Waals surface area contributed by atoms with Gasteiger partial charge in [-0.15, -0.1) is 16.7 Å². The molecule has 0 bridgehead atoms. The van der Waals surface area contributed by atoms with Gasteiger partial charge in [0.05, 0.1) is 30.0 Å². The van der Waals surface area contributed by atoms with Crippen LogP contribution in [0.1, 0.15) is 30.0 Å². The van der Waals surface area contributed by atoms with Gasteiger partial charge in [-0.2, -0.15) is 5.10 Å². The van der Waals surface area contributed by atoms with E-state index in [1.54, 1.807) is 4.68 Å². The van der Waals surface area contributed by atoms with Gasteiger partial charge in [0, 0.05) is 11.8 Å². The zero-order valence-corrected chi connectivity index (χ0v) is 12.5. The zero-order valence-electron chi connectivity index (χ0n) is 11.7. The highest BCUT2D eigenvalue weighted by molar-refractivity contribution is 6.20. The average Bonchev–Trinajstić information content (AvgIpc) is 3.17. The van der Waals surface area contributed by atoms with E-state index in [1.807, 2.05) is 60.5 Å². The van der Waals surface area contributed by atoms with Crippen molar-refractivity contribution in [1.82, 2.24) is 24.8 Å². The highest BCUT2D eigenvalue weighted by atomic mass is 35.5. The number of aromatic nitrogens is 5. The van der Waals surface area contributed by atoms with Gasteiger partial charge in [0.1, 0.15) is 5.69 Å². The number of para-hydroxylation sites is 1. The maximum absolute atomic E-state index is 6.16. The summed E-state index contributed by atoms with van der Waals surface area (Å²) in [6, 6.07) is 10.0. The molecule has 0 saturated carbocycles. The number of alkyl halides is 1.